The molecule has 0 spiro atoms. The SMILES string of the molecule is CC(C)Oc1ccc(C(C)NCc2cscn2)cc1. The summed E-state index contributed by atoms with van der Waals surface area (Å²) in [6.45, 7) is 7.03. The van der Waals surface area contributed by atoms with Crippen LogP contribution in [-0.2, 0) is 6.54 Å². The van der Waals surface area contributed by atoms with Gasteiger partial charge in [0.05, 0.1) is 17.3 Å². The van der Waals surface area contributed by atoms with Crippen LogP contribution >= 0.6 is 11.3 Å². The van der Waals surface area contributed by atoms with Gasteiger partial charge in [0.15, 0.2) is 0 Å². The molecular weight excluding hydrogens is 256 g/mol. The molecule has 0 radical (unpaired) electrons. The van der Waals surface area contributed by atoms with E-state index in [1.165, 1.54) is 5.56 Å². The zero-order valence-electron chi connectivity index (χ0n) is 11.6. The third-order valence-electron chi connectivity index (χ3n) is 2.82. The number of rotatable bonds is 6. The predicted molar refractivity (Wildman–Crippen MR) is 79.6 cm³/mol. The fraction of sp³-hybridized carbons (Fsp3) is 0.400. The normalized spacial score (nSPS) is 12.6. The van der Waals surface area contributed by atoms with Crippen molar-refractivity contribution in [1.29, 1.82) is 0 Å². The van der Waals surface area contributed by atoms with Crippen molar-refractivity contribution in [2.45, 2.75) is 39.5 Å². The summed E-state index contributed by atoms with van der Waals surface area (Å²) in [5.74, 6) is 0.922. The minimum Gasteiger partial charge on any atom is -0.491 e. The molecule has 2 aromatic rings. The molecule has 1 unspecified atom stereocenters. The van der Waals surface area contributed by atoms with E-state index in [-0.39, 0.29) is 6.10 Å². The second kappa shape index (κ2) is 6.68. The van der Waals surface area contributed by atoms with Crippen molar-refractivity contribution < 1.29 is 4.74 Å². The maximum Gasteiger partial charge on any atom is 0.119 e. The van der Waals surface area contributed by atoms with Crippen molar-refractivity contribution in [2.24, 2.45) is 0 Å². The van der Waals surface area contributed by atoms with Crippen LogP contribution < -0.4 is 10.1 Å². The molecule has 1 atom stereocenters. The smallest absolute Gasteiger partial charge is 0.119 e. The van der Waals surface area contributed by atoms with E-state index < -0.39 is 0 Å². The number of nitrogens with one attached hydrogen (secondary N) is 1. The van der Waals surface area contributed by atoms with Gasteiger partial charge in [0.1, 0.15) is 5.75 Å². The lowest BCUT2D eigenvalue weighted by molar-refractivity contribution is 0.242. The van der Waals surface area contributed by atoms with Crippen molar-refractivity contribution in [3.8, 4) is 5.75 Å². The third-order valence-corrected chi connectivity index (χ3v) is 3.46. The molecule has 2 rings (SSSR count). The van der Waals surface area contributed by atoms with Crippen LogP contribution in [0.2, 0.25) is 0 Å². The largest absolute Gasteiger partial charge is 0.491 e. The quantitative estimate of drug-likeness (QED) is 0.872. The fourth-order valence-electron chi connectivity index (χ4n) is 1.81. The summed E-state index contributed by atoms with van der Waals surface area (Å²) in [5.41, 5.74) is 4.21. The maximum atomic E-state index is 5.64. The summed E-state index contributed by atoms with van der Waals surface area (Å²) >= 11 is 1.63. The minimum absolute atomic E-state index is 0.214. The Hall–Kier alpha value is -1.39. The van der Waals surface area contributed by atoms with E-state index in [1.54, 1.807) is 11.3 Å². The molecule has 4 heteroatoms. The first kappa shape index (κ1) is 14.0. The van der Waals surface area contributed by atoms with Crippen molar-refractivity contribution in [1.82, 2.24) is 10.3 Å². The van der Waals surface area contributed by atoms with Gasteiger partial charge in [-0.3, -0.25) is 0 Å². The van der Waals surface area contributed by atoms with Crippen molar-refractivity contribution in [3.05, 3.63) is 46.4 Å². The van der Waals surface area contributed by atoms with Gasteiger partial charge in [0, 0.05) is 18.0 Å². The topological polar surface area (TPSA) is 34.1 Å². The molecule has 19 heavy (non-hydrogen) atoms. The standard InChI is InChI=1S/C15H20N2OS/c1-11(2)18-15-6-4-13(5-7-15)12(3)16-8-14-9-19-10-17-14/h4-7,9-12,16H,8H2,1-3H3. The van der Waals surface area contributed by atoms with Crippen molar-refractivity contribution in [2.75, 3.05) is 0 Å². The summed E-state index contributed by atoms with van der Waals surface area (Å²) in [4.78, 5) is 4.26. The molecule has 1 aromatic heterocycles. The van der Waals surface area contributed by atoms with E-state index in [2.05, 4.69) is 34.7 Å². The Balaban J connectivity index is 1.90. The zero-order valence-corrected chi connectivity index (χ0v) is 12.4. The van der Waals surface area contributed by atoms with Crippen LogP contribution in [-0.4, -0.2) is 11.1 Å². The van der Waals surface area contributed by atoms with E-state index in [9.17, 15) is 0 Å². The van der Waals surface area contributed by atoms with Crippen LogP contribution in [0, 0.1) is 0 Å². The second-order valence-corrected chi connectivity index (χ2v) is 5.54. The Morgan fingerprint density at radius 3 is 2.53 bits per heavy atom. The van der Waals surface area contributed by atoms with Crippen LogP contribution in [0.25, 0.3) is 0 Å². The molecule has 1 aromatic carbocycles. The average Bonchev–Trinajstić information content (AvgIpc) is 2.89. The van der Waals surface area contributed by atoms with Crippen LogP contribution in [0.3, 0.4) is 0 Å². The lowest BCUT2D eigenvalue weighted by Gasteiger charge is -2.15. The van der Waals surface area contributed by atoms with E-state index in [0.717, 1.165) is 18.0 Å². The number of nitrogens with zero attached hydrogens (tertiary/aromatic N) is 1. The second-order valence-electron chi connectivity index (χ2n) is 4.82. The van der Waals surface area contributed by atoms with Gasteiger partial charge < -0.3 is 10.1 Å². The Kier molecular flexibility index (Phi) is 4.93. The number of hydrogen-bond acceptors (Lipinski definition) is 4. The summed E-state index contributed by atoms with van der Waals surface area (Å²) in [7, 11) is 0. The molecule has 0 aliphatic heterocycles. The highest BCUT2D eigenvalue weighted by Gasteiger charge is 2.06. The third kappa shape index (κ3) is 4.33. The molecule has 0 saturated heterocycles. The zero-order chi connectivity index (χ0) is 13.7. The van der Waals surface area contributed by atoms with Gasteiger partial charge >= 0.3 is 0 Å². The highest BCUT2D eigenvalue weighted by molar-refractivity contribution is 7.07. The molecule has 0 aliphatic rings. The first-order valence-corrected chi connectivity index (χ1v) is 7.46. The van der Waals surface area contributed by atoms with Crippen molar-refractivity contribution >= 4 is 11.3 Å². The maximum absolute atomic E-state index is 5.64. The van der Waals surface area contributed by atoms with Crippen LogP contribution in [0.15, 0.2) is 35.2 Å². The Bertz CT molecular complexity index is 479. The molecule has 0 fully saturated rings. The Morgan fingerprint density at radius 2 is 1.95 bits per heavy atom. The molecule has 1 N–H and O–H groups in total. The molecule has 102 valence electrons. The number of hydrogen-bond donors (Lipinski definition) is 1. The molecular formula is C15H20N2OS. The number of thiazole rings is 1. The molecule has 0 amide bonds. The van der Waals surface area contributed by atoms with E-state index in [1.807, 2.05) is 31.5 Å². The minimum atomic E-state index is 0.214. The fourth-order valence-corrected chi connectivity index (χ4v) is 2.37. The van der Waals surface area contributed by atoms with Gasteiger partial charge in [-0.1, -0.05) is 12.1 Å². The summed E-state index contributed by atoms with van der Waals surface area (Å²) in [6.07, 6.45) is 0.214. The number of benzene rings is 1. The van der Waals surface area contributed by atoms with Crippen LogP contribution in [0.1, 0.15) is 38.1 Å². The van der Waals surface area contributed by atoms with E-state index in [0.29, 0.717) is 6.04 Å². The van der Waals surface area contributed by atoms with Crippen LogP contribution in [0.4, 0.5) is 0 Å². The lowest BCUT2D eigenvalue weighted by Crippen LogP contribution is -2.18. The summed E-state index contributed by atoms with van der Waals surface area (Å²) in [5, 5.41) is 5.53. The van der Waals surface area contributed by atoms with E-state index in [4.69, 9.17) is 4.74 Å². The van der Waals surface area contributed by atoms with Crippen molar-refractivity contribution in [3.63, 3.8) is 0 Å². The Morgan fingerprint density at radius 1 is 1.21 bits per heavy atom. The predicted octanol–water partition coefficient (Wildman–Crippen LogP) is 3.78. The average molecular weight is 276 g/mol. The van der Waals surface area contributed by atoms with Gasteiger partial charge in [0.2, 0.25) is 0 Å². The summed E-state index contributed by atoms with van der Waals surface area (Å²) < 4.78 is 5.64. The highest BCUT2D eigenvalue weighted by Crippen LogP contribution is 2.18. The highest BCUT2D eigenvalue weighted by atomic mass is 32.1. The van der Waals surface area contributed by atoms with Gasteiger partial charge in [-0.2, -0.15) is 0 Å². The number of aromatic nitrogens is 1. The lowest BCUT2D eigenvalue weighted by atomic mass is 10.1. The Labute approximate surface area is 118 Å². The van der Waals surface area contributed by atoms with Gasteiger partial charge in [-0.05, 0) is 38.5 Å². The monoisotopic (exact) mass is 276 g/mol. The molecule has 0 aliphatic carbocycles. The molecule has 0 saturated carbocycles. The van der Waals surface area contributed by atoms with Crippen LogP contribution in [0.5, 0.6) is 5.75 Å². The van der Waals surface area contributed by atoms with Gasteiger partial charge in [-0.25, -0.2) is 4.98 Å². The molecule has 3 nitrogen and oxygen atoms in total. The van der Waals surface area contributed by atoms with Gasteiger partial charge in [0.25, 0.3) is 0 Å². The summed E-state index contributed by atoms with van der Waals surface area (Å²) in [6, 6.07) is 8.56. The molecule has 0 bridgehead atoms. The number of ether oxygens (including phenoxy) is 1. The van der Waals surface area contributed by atoms with Gasteiger partial charge in [-0.15, -0.1) is 11.3 Å². The molecule has 1 heterocycles. The van der Waals surface area contributed by atoms with E-state index >= 15 is 0 Å². The first-order chi connectivity index (χ1) is 9.15. The first-order valence-electron chi connectivity index (χ1n) is 6.52.